The van der Waals surface area contributed by atoms with E-state index in [-0.39, 0.29) is 10.8 Å². The Labute approximate surface area is 157 Å². The van der Waals surface area contributed by atoms with Gasteiger partial charge in [-0.15, -0.1) is 0 Å². The van der Waals surface area contributed by atoms with Crippen LogP contribution in [0.15, 0.2) is 23.1 Å². The first-order valence-corrected chi connectivity index (χ1v) is 11.2. The third-order valence-electron chi connectivity index (χ3n) is 6.13. The van der Waals surface area contributed by atoms with Crippen molar-refractivity contribution >= 4 is 21.6 Å². The molecular formula is C20H30N2O3S. The van der Waals surface area contributed by atoms with Crippen molar-refractivity contribution in [1.29, 1.82) is 0 Å². The zero-order valence-electron chi connectivity index (χ0n) is 16.0. The molecule has 1 amide bonds. The van der Waals surface area contributed by atoms with E-state index in [1.54, 1.807) is 25.1 Å². The van der Waals surface area contributed by atoms with Gasteiger partial charge in [-0.1, -0.05) is 26.3 Å². The Balaban J connectivity index is 1.72. The van der Waals surface area contributed by atoms with E-state index < -0.39 is 10.0 Å². The lowest BCUT2D eigenvalue weighted by Gasteiger charge is -2.22. The lowest BCUT2D eigenvalue weighted by Crippen LogP contribution is -2.31. The molecule has 3 rings (SSSR count). The minimum absolute atomic E-state index is 0.00223. The van der Waals surface area contributed by atoms with Gasteiger partial charge < -0.3 is 5.32 Å². The van der Waals surface area contributed by atoms with E-state index in [1.165, 1.54) is 30.0 Å². The fourth-order valence-electron chi connectivity index (χ4n) is 4.73. The smallest absolute Gasteiger partial charge is 0.243 e. The molecule has 0 spiro atoms. The number of fused-ring (bicyclic) bond motifs is 2. The number of aryl methyl sites for hydroxylation is 1. The highest BCUT2D eigenvalue weighted by molar-refractivity contribution is 7.89. The fourth-order valence-corrected chi connectivity index (χ4v) is 6.44. The van der Waals surface area contributed by atoms with Crippen LogP contribution in [-0.4, -0.2) is 31.7 Å². The molecule has 26 heavy (non-hydrogen) atoms. The molecule has 0 heterocycles. The summed E-state index contributed by atoms with van der Waals surface area (Å²) in [7, 11) is -3.54. The molecule has 2 saturated carbocycles. The van der Waals surface area contributed by atoms with E-state index in [4.69, 9.17) is 0 Å². The number of benzene rings is 1. The Morgan fingerprint density at radius 1 is 1.19 bits per heavy atom. The summed E-state index contributed by atoms with van der Waals surface area (Å²) >= 11 is 0. The molecule has 2 aliphatic rings. The molecule has 1 aromatic carbocycles. The van der Waals surface area contributed by atoms with Crippen LogP contribution in [-0.2, 0) is 14.8 Å². The molecule has 6 heteroatoms. The van der Waals surface area contributed by atoms with Gasteiger partial charge in [-0.2, -0.15) is 4.31 Å². The van der Waals surface area contributed by atoms with Gasteiger partial charge in [-0.05, 0) is 61.6 Å². The Morgan fingerprint density at radius 2 is 1.92 bits per heavy atom. The zero-order valence-corrected chi connectivity index (χ0v) is 16.8. The van der Waals surface area contributed by atoms with E-state index in [1.807, 2.05) is 13.8 Å². The van der Waals surface area contributed by atoms with Gasteiger partial charge in [0.15, 0.2) is 0 Å². The number of hydrogen-bond acceptors (Lipinski definition) is 3. The summed E-state index contributed by atoms with van der Waals surface area (Å²) in [5.41, 5.74) is 1.26. The highest BCUT2D eigenvalue weighted by atomic mass is 32.2. The van der Waals surface area contributed by atoms with Crippen molar-refractivity contribution in [2.24, 2.45) is 17.8 Å². The van der Waals surface area contributed by atoms with Crippen LogP contribution >= 0.6 is 0 Å². The van der Waals surface area contributed by atoms with Crippen LogP contribution in [0.25, 0.3) is 0 Å². The topological polar surface area (TPSA) is 66.5 Å². The summed E-state index contributed by atoms with van der Waals surface area (Å²) in [6.07, 6.45) is 5.60. The molecule has 1 N–H and O–H groups in total. The number of hydrogen-bond donors (Lipinski definition) is 1. The second-order valence-electron chi connectivity index (χ2n) is 7.76. The molecule has 0 radical (unpaired) electrons. The van der Waals surface area contributed by atoms with Gasteiger partial charge in [-0.3, -0.25) is 4.79 Å². The minimum atomic E-state index is -3.54. The van der Waals surface area contributed by atoms with Crippen LogP contribution in [0.4, 0.5) is 5.69 Å². The van der Waals surface area contributed by atoms with E-state index in [0.29, 0.717) is 42.6 Å². The first-order chi connectivity index (χ1) is 12.3. The Morgan fingerprint density at radius 3 is 2.50 bits per heavy atom. The SMILES string of the molecule is CCN(CC)S(=O)(=O)c1cc(NC(=O)C[C@H]2C[C@@H]3CC[C@@H]2C3)ccc1C. The number of anilines is 1. The molecule has 0 aliphatic heterocycles. The molecular weight excluding hydrogens is 348 g/mol. The largest absolute Gasteiger partial charge is 0.326 e. The van der Waals surface area contributed by atoms with Gasteiger partial charge in [0.1, 0.15) is 0 Å². The molecule has 0 saturated heterocycles. The predicted molar refractivity (Wildman–Crippen MR) is 103 cm³/mol. The number of nitrogens with one attached hydrogen (secondary N) is 1. The molecule has 3 atom stereocenters. The highest BCUT2D eigenvalue weighted by Crippen LogP contribution is 2.49. The summed E-state index contributed by atoms with van der Waals surface area (Å²) in [6.45, 7) is 6.31. The predicted octanol–water partition coefficient (Wildman–Crippen LogP) is 3.79. The maximum Gasteiger partial charge on any atom is 0.243 e. The van der Waals surface area contributed by atoms with Gasteiger partial charge >= 0.3 is 0 Å². The monoisotopic (exact) mass is 378 g/mol. The Hall–Kier alpha value is -1.40. The Bertz CT molecular complexity index is 771. The van der Waals surface area contributed by atoms with E-state index >= 15 is 0 Å². The van der Waals surface area contributed by atoms with Crippen molar-refractivity contribution in [2.45, 2.75) is 57.8 Å². The lowest BCUT2D eigenvalue weighted by atomic mass is 9.86. The number of sulfonamides is 1. The number of rotatable bonds is 7. The molecule has 144 valence electrons. The normalized spacial score (nSPS) is 25.0. The first-order valence-electron chi connectivity index (χ1n) is 9.75. The maximum absolute atomic E-state index is 12.8. The van der Waals surface area contributed by atoms with Crippen LogP contribution in [0.1, 0.15) is 51.5 Å². The number of carbonyl (C=O) groups is 1. The van der Waals surface area contributed by atoms with Crippen molar-refractivity contribution in [3.8, 4) is 0 Å². The second-order valence-corrected chi connectivity index (χ2v) is 9.66. The van der Waals surface area contributed by atoms with Gasteiger partial charge in [-0.25, -0.2) is 8.42 Å². The molecule has 0 unspecified atom stereocenters. The van der Waals surface area contributed by atoms with Gasteiger partial charge in [0.2, 0.25) is 15.9 Å². The summed E-state index contributed by atoms with van der Waals surface area (Å²) in [5.74, 6) is 2.03. The number of carbonyl (C=O) groups excluding carboxylic acids is 1. The van der Waals surface area contributed by atoms with Crippen molar-refractivity contribution in [3.05, 3.63) is 23.8 Å². The molecule has 2 aliphatic carbocycles. The van der Waals surface area contributed by atoms with E-state index in [0.717, 1.165) is 5.92 Å². The third-order valence-corrected chi connectivity index (χ3v) is 8.32. The molecule has 2 bridgehead atoms. The average molecular weight is 379 g/mol. The van der Waals surface area contributed by atoms with Crippen LogP contribution in [0, 0.1) is 24.7 Å². The van der Waals surface area contributed by atoms with Gasteiger partial charge in [0.05, 0.1) is 4.90 Å². The summed E-state index contributed by atoms with van der Waals surface area (Å²) in [6, 6.07) is 5.15. The molecule has 5 nitrogen and oxygen atoms in total. The fraction of sp³-hybridized carbons (Fsp3) is 0.650. The molecule has 0 aromatic heterocycles. The van der Waals surface area contributed by atoms with Crippen molar-refractivity contribution in [3.63, 3.8) is 0 Å². The van der Waals surface area contributed by atoms with Crippen molar-refractivity contribution < 1.29 is 13.2 Å². The quantitative estimate of drug-likeness (QED) is 0.785. The van der Waals surface area contributed by atoms with Crippen LogP contribution < -0.4 is 5.32 Å². The third kappa shape index (κ3) is 3.81. The van der Waals surface area contributed by atoms with Crippen molar-refractivity contribution in [1.82, 2.24) is 4.31 Å². The highest BCUT2D eigenvalue weighted by Gasteiger charge is 2.40. The summed E-state index contributed by atoms with van der Waals surface area (Å²) < 4.78 is 27.1. The minimum Gasteiger partial charge on any atom is -0.326 e. The number of amides is 1. The second kappa shape index (κ2) is 7.69. The van der Waals surface area contributed by atoms with Gasteiger partial charge in [0.25, 0.3) is 0 Å². The first kappa shape index (κ1) is 19.4. The maximum atomic E-state index is 12.8. The standard InChI is InChI=1S/C20H30N2O3S/c1-4-22(5-2)26(24,25)19-13-18(9-6-14(19)3)21-20(23)12-17-11-15-7-8-16(17)10-15/h6,9,13,15-17H,4-5,7-8,10-12H2,1-3H3,(H,21,23)/t15-,16-,17-/m1/s1. The summed E-state index contributed by atoms with van der Waals surface area (Å²) in [4.78, 5) is 12.7. The van der Waals surface area contributed by atoms with Crippen LogP contribution in [0.3, 0.4) is 0 Å². The van der Waals surface area contributed by atoms with Crippen molar-refractivity contribution in [2.75, 3.05) is 18.4 Å². The number of nitrogens with zero attached hydrogens (tertiary/aromatic N) is 1. The molecule has 1 aromatic rings. The average Bonchev–Trinajstić information content (AvgIpc) is 3.20. The van der Waals surface area contributed by atoms with Crippen LogP contribution in [0.5, 0.6) is 0 Å². The van der Waals surface area contributed by atoms with Gasteiger partial charge in [0, 0.05) is 25.2 Å². The molecule has 2 fully saturated rings. The Kier molecular flexibility index (Phi) is 5.72. The zero-order chi connectivity index (χ0) is 18.9. The van der Waals surface area contributed by atoms with E-state index in [9.17, 15) is 13.2 Å². The summed E-state index contributed by atoms with van der Waals surface area (Å²) in [5, 5.41) is 2.92. The van der Waals surface area contributed by atoms with Crippen LogP contribution in [0.2, 0.25) is 0 Å². The van der Waals surface area contributed by atoms with E-state index in [2.05, 4.69) is 5.32 Å². The lowest BCUT2D eigenvalue weighted by molar-refractivity contribution is -0.117.